The summed E-state index contributed by atoms with van der Waals surface area (Å²) in [7, 11) is 0. The van der Waals surface area contributed by atoms with Crippen molar-refractivity contribution >= 4 is 17.5 Å². The Labute approximate surface area is 130 Å². The number of benzene rings is 1. The second-order valence-corrected chi connectivity index (χ2v) is 6.20. The minimum Gasteiger partial charge on any atom is -0.479 e. The molecule has 1 aromatic carbocycles. The quantitative estimate of drug-likeness (QED) is 0.931. The van der Waals surface area contributed by atoms with E-state index in [1.807, 2.05) is 25.1 Å². The summed E-state index contributed by atoms with van der Waals surface area (Å²) in [4.78, 5) is 26.2. The fourth-order valence-electron chi connectivity index (χ4n) is 3.17. The Kier molecular flexibility index (Phi) is 4.05. The predicted molar refractivity (Wildman–Crippen MR) is 84.0 cm³/mol. The summed E-state index contributed by atoms with van der Waals surface area (Å²) in [5, 5.41) is 3.03. The number of nitrogens with zero attached hydrogens (tertiary/aromatic N) is 1. The minimum atomic E-state index is -0.561. The zero-order chi connectivity index (χ0) is 15.7. The monoisotopic (exact) mass is 302 g/mol. The van der Waals surface area contributed by atoms with Gasteiger partial charge in [0, 0.05) is 6.04 Å². The maximum atomic E-state index is 12.4. The van der Waals surface area contributed by atoms with Crippen molar-refractivity contribution in [2.45, 2.75) is 51.7 Å². The number of aryl methyl sites for hydroxylation is 1. The number of anilines is 1. The topological polar surface area (TPSA) is 58.6 Å². The molecule has 0 bridgehead atoms. The van der Waals surface area contributed by atoms with Gasteiger partial charge in [-0.25, -0.2) is 0 Å². The molecular formula is C17H22N2O3. The number of nitrogens with one attached hydrogen (secondary N) is 1. The zero-order valence-electron chi connectivity index (χ0n) is 13.1. The van der Waals surface area contributed by atoms with Crippen LogP contribution in [-0.2, 0) is 9.59 Å². The summed E-state index contributed by atoms with van der Waals surface area (Å²) in [6.07, 6.45) is 3.85. The molecule has 5 nitrogen and oxygen atoms in total. The first-order chi connectivity index (χ1) is 10.5. The molecule has 22 heavy (non-hydrogen) atoms. The number of hydrogen-bond donors (Lipinski definition) is 1. The van der Waals surface area contributed by atoms with Gasteiger partial charge in [-0.15, -0.1) is 0 Å². The van der Waals surface area contributed by atoms with Crippen LogP contribution in [0.1, 0.15) is 38.2 Å². The first-order valence-electron chi connectivity index (χ1n) is 7.92. The molecular weight excluding hydrogens is 280 g/mol. The molecule has 1 aromatic rings. The van der Waals surface area contributed by atoms with Crippen LogP contribution >= 0.6 is 0 Å². The molecule has 2 aliphatic rings. The second-order valence-electron chi connectivity index (χ2n) is 6.20. The molecule has 1 fully saturated rings. The Balaban J connectivity index is 1.77. The van der Waals surface area contributed by atoms with Gasteiger partial charge >= 0.3 is 0 Å². The van der Waals surface area contributed by atoms with Crippen LogP contribution in [0.5, 0.6) is 5.75 Å². The van der Waals surface area contributed by atoms with E-state index in [9.17, 15) is 9.59 Å². The fraction of sp³-hybridized carbons (Fsp3) is 0.529. The van der Waals surface area contributed by atoms with Gasteiger partial charge in [0.15, 0.2) is 6.10 Å². The van der Waals surface area contributed by atoms with Gasteiger partial charge in [0.2, 0.25) is 5.91 Å². The van der Waals surface area contributed by atoms with Crippen LogP contribution in [0.2, 0.25) is 0 Å². The Morgan fingerprint density at radius 1 is 1.36 bits per heavy atom. The normalized spacial score (nSPS) is 21.5. The Morgan fingerprint density at radius 2 is 2.09 bits per heavy atom. The van der Waals surface area contributed by atoms with Gasteiger partial charge in [0.05, 0.1) is 5.69 Å². The molecule has 1 aliphatic carbocycles. The molecule has 0 unspecified atom stereocenters. The van der Waals surface area contributed by atoms with Gasteiger partial charge in [-0.05, 0) is 44.4 Å². The van der Waals surface area contributed by atoms with Crippen LogP contribution in [0.4, 0.5) is 5.69 Å². The number of amides is 2. The SMILES string of the molecule is Cc1ccc2c(c1)N(CC(=O)NC1CCCC1)C(=O)[C@H](C)O2. The van der Waals surface area contributed by atoms with Gasteiger partial charge in [-0.2, -0.15) is 0 Å². The maximum Gasteiger partial charge on any atom is 0.268 e. The van der Waals surface area contributed by atoms with Crippen LogP contribution in [0.3, 0.4) is 0 Å². The van der Waals surface area contributed by atoms with Gasteiger partial charge < -0.3 is 10.1 Å². The molecule has 5 heteroatoms. The fourth-order valence-corrected chi connectivity index (χ4v) is 3.17. The lowest BCUT2D eigenvalue weighted by molar-refractivity contribution is -0.128. The van der Waals surface area contributed by atoms with Crippen LogP contribution in [0.25, 0.3) is 0 Å². The van der Waals surface area contributed by atoms with Crippen molar-refractivity contribution < 1.29 is 14.3 Å². The Morgan fingerprint density at radius 3 is 2.82 bits per heavy atom. The summed E-state index contributed by atoms with van der Waals surface area (Å²) in [6, 6.07) is 5.95. The van der Waals surface area contributed by atoms with Crippen LogP contribution in [-0.4, -0.2) is 30.5 Å². The van der Waals surface area contributed by atoms with Crippen molar-refractivity contribution in [1.82, 2.24) is 5.32 Å². The molecule has 0 spiro atoms. The Hall–Kier alpha value is -2.04. The third kappa shape index (κ3) is 2.93. The summed E-state index contributed by atoms with van der Waals surface area (Å²) in [5.41, 5.74) is 1.72. The lowest BCUT2D eigenvalue weighted by atomic mass is 10.1. The minimum absolute atomic E-state index is 0.0550. The van der Waals surface area contributed by atoms with Crippen molar-refractivity contribution in [2.75, 3.05) is 11.4 Å². The average molecular weight is 302 g/mol. The van der Waals surface area contributed by atoms with Crippen molar-refractivity contribution in [3.63, 3.8) is 0 Å². The largest absolute Gasteiger partial charge is 0.479 e. The van der Waals surface area contributed by atoms with Gasteiger partial charge in [0.1, 0.15) is 12.3 Å². The number of rotatable bonds is 3. The second kappa shape index (κ2) is 5.99. The molecule has 3 rings (SSSR count). The van der Waals surface area contributed by atoms with Crippen molar-refractivity contribution in [3.05, 3.63) is 23.8 Å². The highest BCUT2D eigenvalue weighted by Gasteiger charge is 2.33. The van der Waals surface area contributed by atoms with Gasteiger partial charge in [0.25, 0.3) is 5.91 Å². The standard InChI is InChI=1S/C17H22N2O3/c1-11-7-8-15-14(9-11)19(17(21)12(2)22-15)10-16(20)18-13-5-3-4-6-13/h7-9,12-13H,3-6,10H2,1-2H3,(H,18,20)/t12-/m0/s1. The van der Waals surface area contributed by atoms with Crippen LogP contribution < -0.4 is 15.0 Å². The third-order valence-corrected chi connectivity index (χ3v) is 4.34. The van der Waals surface area contributed by atoms with E-state index in [1.54, 1.807) is 11.8 Å². The summed E-state index contributed by atoms with van der Waals surface area (Å²) in [5.74, 6) is 0.396. The number of carbonyl (C=O) groups excluding carboxylic acids is 2. The smallest absolute Gasteiger partial charge is 0.268 e. The van der Waals surface area contributed by atoms with Crippen LogP contribution in [0.15, 0.2) is 18.2 Å². The average Bonchev–Trinajstić information content (AvgIpc) is 2.97. The molecule has 118 valence electrons. The highest BCUT2D eigenvalue weighted by molar-refractivity contribution is 6.03. The summed E-state index contributed by atoms with van der Waals surface area (Å²) < 4.78 is 5.62. The molecule has 1 N–H and O–H groups in total. The third-order valence-electron chi connectivity index (χ3n) is 4.34. The van der Waals surface area contributed by atoms with E-state index in [2.05, 4.69) is 5.32 Å². The summed E-state index contributed by atoms with van der Waals surface area (Å²) >= 11 is 0. The zero-order valence-corrected chi connectivity index (χ0v) is 13.1. The van der Waals surface area contributed by atoms with E-state index in [-0.39, 0.29) is 24.4 Å². The lowest BCUT2D eigenvalue weighted by Crippen LogP contribution is -2.49. The van der Waals surface area contributed by atoms with Gasteiger partial charge in [-0.3, -0.25) is 14.5 Å². The molecule has 0 radical (unpaired) electrons. The predicted octanol–water partition coefficient (Wildman–Crippen LogP) is 2.17. The Bertz CT molecular complexity index is 594. The van der Waals surface area contributed by atoms with Gasteiger partial charge in [-0.1, -0.05) is 18.9 Å². The number of carbonyl (C=O) groups is 2. The molecule has 1 atom stereocenters. The number of hydrogen-bond acceptors (Lipinski definition) is 3. The molecule has 1 saturated carbocycles. The lowest BCUT2D eigenvalue weighted by Gasteiger charge is -2.33. The molecule has 1 aliphatic heterocycles. The highest BCUT2D eigenvalue weighted by atomic mass is 16.5. The summed E-state index contributed by atoms with van der Waals surface area (Å²) in [6.45, 7) is 3.73. The first-order valence-corrected chi connectivity index (χ1v) is 7.92. The van der Waals surface area contributed by atoms with E-state index in [0.29, 0.717) is 11.4 Å². The highest BCUT2D eigenvalue weighted by Crippen LogP contribution is 2.34. The van der Waals surface area contributed by atoms with E-state index >= 15 is 0 Å². The maximum absolute atomic E-state index is 12.4. The van der Waals surface area contributed by atoms with Crippen molar-refractivity contribution in [3.8, 4) is 5.75 Å². The molecule has 2 amide bonds. The van der Waals surface area contributed by atoms with E-state index in [0.717, 1.165) is 18.4 Å². The van der Waals surface area contributed by atoms with E-state index in [1.165, 1.54) is 12.8 Å². The van der Waals surface area contributed by atoms with Crippen molar-refractivity contribution in [2.24, 2.45) is 0 Å². The van der Waals surface area contributed by atoms with E-state index < -0.39 is 6.10 Å². The number of fused-ring (bicyclic) bond motifs is 1. The first kappa shape index (κ1) is 14.9. The molecule has 0 saturated heterocycles. The van der Waals surface area contributed by atoms with Crippen LogP contribution in [0, 0.1) is 6.92 Å². The number of ether oxygens (including phenoxy) is 1. The van der Waals surface area contributed by atoms with Crippen molar-refractivity contribution in [1.29, 1.82) is 0 Å². The molecule has 0 aromatic heterocycles. The van der Waals surface area contributed by atoms with E-state index in [4.69, 9.17) is 4.74 Å². The molecule has 1 heterocycles.